The van der Waals surface area contributed by atoms with Crippen LogP contribution < -0.4 is 0 Å². The summed E-state index contributed by atoms with van der Waals surface area (Å²) in [6.45, 7) is 0. The van der Waals surface area contributed by atoms with Gasteiger partial charge in [0.2, 0.25) is 0 Å². The SMILES string of the molecule is c1ccc2c(-c3c4cccc(-c5cccc6c5oc5ccc7ccccc7c56)c4cc4c(-c5cccc6c5oc5ccc7ccccc7c56)cccc34)cccc2c1. The summed E-state index contributed by atoms with van der Waals surface area (Å²) in [4.78, 5) is 0. The molecule has 2 heterocycles. The molecule has 0 saturated heterocycles. The van der Waals surface area contributed by atoms with E-state index in [1.807, 2.05) is 0 Å². The first-order chi connectivity index (χ1) is 28.8. The highest BCUT2D eigenvalue weighted by molar-refractivity contribution is 6.26. The van der Waals surface area contributed by atoms with Crippen molar-refractivity contribution in [2.45, 2.75) is 0 Å². The summed E-state index contributed by atoms with van der Waals surface area (Å²) in [5, 5.41) is 16.6. The molecule has 0 unspecified atom stereocenters. The van der Waals surface area contributed by atoms with E-state index in [4.69, 9.17) is 8.83 Å². The predicted molar refractivity (Wildman–Crippen MR) is 245 cm³/mol. The molecule has 13 rings (SSSR count). The lowest BCUT2D eigenvalue weighted by Gasteiger charge is -2.18. The minimum Gasteiger partial charge on any atom is -0.455 e. The van der Waals surface area contributed by atoms with Gasteiger partial charge in [0.15, 0.2) is 0 Å². The van der Waals surface area contributed by atoms with Gasteiger partial charge in [-0.05, 0) is 94.3 Å². The van der Waals surface area contributed by atoms with Crippen molar-refractivity contribution < 1.29 is 8.83 Å². The Kier molecular flexibility index (Phi) is 6.47. The molecule has 58 heavy (non-hydrogen) atoms. The fourth-order valence-corrected chi connectivity index (χ4v) is 9.93. The van der Waals surface area contributed by atoms with Crippen molar-refractivity contribution in [3.63, 3.8) is 0 Å². The smallest absolute Gasteiger partial charge is 0.143 e. The van der Waals surface area contributed by atoms with Gasteiger partial charge in [-0.1, -0.05) is 176 Å². The fourth-order valence-electron chi connectivity index (χ4n) is 9.93. The summed E-state index contributed by atoms with van der Waals surface area (Å²) in [5.41, 5.74) is 10.5. The highest BCUT2D eigenvalue weighted by Gasteiger charge is 2.22. The minimum absolute atomic E-state index is 0.900. The molecular formula is C56H32O2. The van der Waals surface area contributed by atoms with Gasteiger partial charge >= 0.3 is 0 Å². The van der Waals surface area contributed by atoms with Crippen molar-refractivity contribution in [3.8, 4) is 33.4 Å². The number of fused-ring (bicyclic) bond motifs is 13. The van der Waals surface area contributed by atoms with Crippen LogP contribution >= 0.6 is 0 Å². The Morgan fingerprint density at radius 3 is 1.16 bits per heavy atom. The van der Waals surface area contributed by atoms with Gasteiger partial charge in [0.1, 0.15) is 22.3 Å². The van der Waals surface area contributed by atoms with Crippen LogP contribution in [0.2, 0.25) is 0 Å². The van der Waals surface area contributed by atoms with Gasteiger partial charge < -0.3 is 8.83 Å². The Bertz CT molecular complexity index is 3640. The van der Waals surface area contributed by atoms with Gasteiger partial charge in [0.05, 0.1) is 0 Å². The van der Waals surface area contributed by atoms with Gasteiger partial charge in [0.25, 0.3) is 0 Å². The molecule has 0 saturated carbocycles. The molecule has 13 aromatic rings. The zero-order valence-electron chi connectivity index (χ0n) is 31.3. The second-order valence-electron chi connectivity index (χ2n) is 15.5. The summed E-state index contributed by atoms with van der Waals surface area (Å²) < 4.78 is 13.7. The maximum absolute atomic E-state index is 6.84. The third kappa shape index (κ3) is 4.37. The molecule has 268 valence electrons. The van der Waals surface area contributed by atoms with Crippen molar-refractivity contribution in [1.82, 2.24) is 0 Å². The highest BCUT2D eigenvalue weighted by atomic mass is 16.3. The average Bonchev–Trinajstić information content (AvgIpc) is 3.87. The number of rotatable bonds is 3. The van der Waals surface area contributed by atoms with E-state index in [1.54, 1.807) is 0 Å². The normalized spacial score (nSPS) is 12.1. The third-order valence-electron chi connectivity index (χ3n) is 12.5. The van der Waals surface area contributed by atoms with E-state index >= 15 is 0 Å². The molecule has 0 radical (unpaired) electrons. The zero-order chi connectivity index (χ0) is 37.9. The summed E-state index contributed by atoms with van der Waals surface area (Å²) in [5.74, 6) is 0. The predicted octanol–water partition coefficient (Wildman–Crippen LogP) is 16.3. The van der Waals surface area contributed by atoms with Crippen LogP contribution in [-0.4, -0.2) is 0 Å². The molecule has 0 amide bonds. The van der Waals surface area contributed by atoms with Crippen LogP contribution in [0.1, 0.15) is 0 Å². The summed E-state index contributed by atoms with van der Waals surface area (Å²) in [7, 11) is 0. The summed E-state index contributed by atoms with van der Waals surface area (Å²) in [6.07, 6.45) is 0. The Morgan fingerprint density at radius 2 is 0.621 bits per heavy atom. The van der Waals surface area contributed by atoms with Crippen molar-refractivity contribution in [2.24, 2.45) is 0 Å². The molecule has 11 aromatic carbocycles. The lowest BCUT2D eigenvalue weighted by Crippen LogP contribution is -1.92. The van der Waals surface area contributed by atoms with Gasteiger partial charge in [-0.15, -0.1) is 0 Å². The first-order valence-corrected chi connectivity index (χ1v) is 19.9. The Balaban J connectivity index is 1.16. The molecule has 0 aliphatic carbocycles. The Hall–Kier alpha value is -7.68. The van der Waals surface area contributed by atoms with E-state index in [2.05, 4.69) is 194 Å². The molecule has 0 spiro atoms. The third-order valence-corrected chi connectivity index (χ3v) is 12.5. The Labute approximate surface area is 332 Å². The van der Waals surface area contributed by atoms with E-state index < -0.39 is 0 Å². The maximum atomic E-state index is 6.84. The van der Waals surface area contributed by atoms with Crippen LogP contribution in [0.15, 0.2) is 203 Å². The minimum atomic E-state index is 0.900. The van der Waals surface area contributed by atoms with Crippen molar-refractivity contribution in [3.05, 3.63) is 194 Å². The highest BCUT2D eigenvalue weighted by Crippen LogP contribution is 2.48. The first kappa shape index (κ1) is 31.5. The summed E-state index contributed by atoms with van der Waals surface area (Å²) >= 11 is 0. The molecule has 0 fully saturated rings. The molecule has 2 nitrogen and oxygen atoms in total. The van der Waals surface area contributed by atoms with E-state index in [0.717, 1.165) is 66.1 Å². The fraction of sp³-hybridized carbons (Fsp3) is 0. The lowest BCUT2D eigenvalue weighted by molar-refractivity contribution is 0.670. The number of benzene rings is 11. The van der Waals surface area contributed by atoms with Gasteiger partial charge in [-0.25, -0.2) is 0 Å². The van der Waals surface area contributed by atoms with Crippen LogP contribution in [0, 0.1) is 0 Å². The first-order valence-electron chi connectivity index (χ1n) is 19.9. The second-order valence-corrected chi connectivity index (χ2v) is 15.5. The lowest BCUT2D eigenvalue weighted by atomic mass is 9.84. The molecule has 0 aliphatic heterocycles. The molecule has 0 bridgehead atoms. The van der Waals surface area contributed by atoms with E-state index in [0.29, 0.717) is 0 Å². The van der Waals surface area contributed by atoms with E-state index in [1.165, 1.54) is 65.0 Å². The zero-order valence-corrected chi connectivity index (χ0v) is 31.3. The van der Waals surface area contributed by atoms with Gasteiger partial charge in [0, 0.05) is 32.7 Å². The van der Waals surface area contributed by atoms with Gasteiger partial charge in [-0.2, -0.15) is 0 Å². The second kappa shape index (κ2) is 11.9. The van der Waals surface area contributed by atoms with Gasteiger partial charge in [-0.3, -0.25) is 0 Å². The van der Waals surface area contributed by atoms with Crippen LogP contribution in [0.3, 0.4) is 0 Å². The summed E-state index contributed by atoms with van der Waals surface area (Å²) in [6, 6.07) is 70.3. The number of furan rings is 2. The monoisotopic (exact) mass is 736 g/mol. The van der Waals surface area contributed by atoms with Crippen LogP contribution in [-0.2, 0) is 0 Å². The molecule has 0 N–H and O–H groups in total. The molecule has 2 heteroatoms. The standard InChI is InChI=1S/C56H32O2/c1-4-16-36-33(12-1)15-7-21-41(36)52-42-22-8-19-39(44-24-10-26-46-53-37-17-5-2-13-34(37)28-30-50(53)57-55(44)46)48(42)32-49-40(20-9-23-43(49)52)45-25-11-27-47-54-38-18-6-3-14-35(38)29-31-51(54)58-56(45)47/h1-32H. The average molecular weight is 737 g/mol. The van der Waals surface area contributed by atoms with E-state index in [-0.39, 0.29) is 0 Å². The molecule has 2 aromatic heterocycles. The van der Waals surface area contributed by atoms with E-state index in [9.17, 15) is 0 Å². The number of para-hydroxylation sites is 2. The number of hydrogen-bond acceptors (Lipinski definition) is 2. The van der Waals surface area contributed by atoms with Crippen molar-refractivity contribution >= 4 is 97.7 Å². The topological polar surface area (TPSA) is 26.3 Å². The van der Waals surface area contributed by atoms with Crippen LogP contribution in [0.5, 0.6) is 0 Å². The van der Waals surface area contributed by atoms with Crippen LogP contribution in [0.25, 0.3) is 131 Å². The molecule has 0 aliphatic rings. The quantitative estimate of drug-likeness (QED) is 0.169. The largest absolute Gasteiger partial charge is 0.455 e. The maximum Gasteiger partial charge on any atom is 0.143 e. The van der Waals surface area contributed by atoms with Crippen molar-refractivity contribution in [1.29, 1.82) is 0 Å². The number of hydrogen-bond donors (Lipinski definition) is 0. The Morgan fingerprint density at radius 1 is 0.241 bits per heavy atom. The van der Waals surface area contributed by atoms with Crippen molar-refractivity contribution in [2.75, 3.05) is 0 Å². The van der Waals surface area contributed by atoms with Crippen LogP contribution in [0.4, 0.5) is 0 Å². The molecular weight excluding hydrogens is 705 g/mol. The molecule has 0 atom stereocenters.